The molecule has 2 aliphatic heterocycles. The average Bonchev–Trinajstić information content (AvgIpc) is 2.84. The maximum Gasteiger partial charge on any atom is 0.321 e. The van der Waals surface area contributed by atoms with Gasteiger partial charge >= 0.3 is 6.03 Å². The maximum atomic E-state index is 12.7. The minimum Gasteiger partial charge on any atom is -0.322 e. The Morgan fingerprint density at radius 3 is 1.97 bits per heavy atom. The first-order chi connectivity index (χ1) is 15.3. The Morgan fingerprint density at radius 1 is 0.742 bits per heavy atom. The summed E-state index contributed by atoms with van der Waals surface area (Å²) in [5, 5.41) is 3.07. The van der Waals surface area contributed by atoms with Gasteiger partial charge in [-0.2, -0.15) is 11.8 Å². The predicted octanol–water partition coefficient (Wildman–Crippen LogP) is 3.67. The fraction of sp³-hybridized carbons (Fsp3) is 0.480. The van der Waals surface area contributed by atoms with Gasteiger partial charge in [0.25, 0.3) is 0 Å². The molecule has 1 N–H and O–H groups in total. The Balaban J connectivity index is 1.16. The Bertz CT molecular complexity index is 800. The molecule has 31 heavy (non-hydrogen) atoms. The van der Waals surface area contributed by atoms with Crippen LogP contribution in [0.3, 0.4) is 0 Å². The molecule has 5 nitrogen and oxygen atoms in total. The Morgan fingerprint density at radius 2 is 1.32 bits per heavy atom. The number of amides is 2. The number of nitrogens with zero attached hydrogens (tertiary/aromatic N) is 3. The smallest absolute Gasteiger partial charge is 0.321 e. The molecule has 0 spiro atoms. The van der Waals surface area contributed by atoms with Crippen LogP contribution in [0, 0.1) is 0 Å². The summed E-state index contributed by atoms with van der Waals surface area (Å²) in [7, 11) is 0. The molecule has 0 saturated carbocycles. The van der Waals surface area contributed by atoms with Crippen molar-refractivity contribution in [2.75, 3.05) is 69.2 Å². The molecule has 0 radical (unpaired) electrons. The molecule has 4 rings (SSSR count). The van der Waals surface area contributed by atoms with Crippen LogP contribution < -0.4 is 5.32 Å². The van der Waals surface area contributed by atoms with Crippen molar-refractivity contribution in [2.45, 2.75) is 12.8 Å². The number of rotatable bonds is 7. The maximum absolute atomic E-state index is 12.7. The average molecular weight is 439 g/mol. The number of nitrogens with one attached hydrogen (secondary N) is 1. The predicted molar refractivity (Wildman–Crippen MR) is 131 cm³/mol. The lowest BCUT2D eigenvalue weighted by molar-refractivity contribution is 0.148. The van der Waals surface area contributed by atoms with Crippen molar-refractivity contribution in [3.63, 3.8) is 0 Å². The summed E-state index contributed by atoms with van der Waals surface area (Å²) >= 11 is 2.05. The Hall–Kier alpha value is -2.02. The second-order valence-corrected chi connectivity index (χ2v) is 9.62. The lowest BCUT2D eigenvalue weighted by Gasteiger charge is -2.34. The minimum atomic E-state index is 0.0151. The fourth-order valence-electron chi connectivity index (χ4n) is 4.18. The summed E-state index contributed by atoms with van der Waals surface area (Å²) in [6.07, 6.45) is 2.14. The van der Waals surface area contributed by atoms with Crippen LogP contribution in [0.15, 0.2) is 54.6 Å². The van der Waals surface area contributed by atoms with Gasteiger partial charge in [-0.1, -0.05) is 42.5 Å². The highest BCUT2D eigenvalue weighted by Crippen LogP contribution is 2.14. The molecule has 2 heterocycles. The standard InChI is InChI=1S/C25H34N4OS/c30-25(29-16-14-27(15-17-29)12-10-22-4-2-1-3-5-22)26-24-8-6-23(7-9-24)11-13-28-18-20-31-21-19-28/h1-9H,10-21H2,(H,26,30). The SMILES string of the molecule is O=C(Nc1ccc(CCN2CCSCC2)cc1)N1CCN(CCc2ccccc2)CC1. The quantitative estimate of drug-likeness (QED) is 0.716. The molecule has 2 saturated heterocycles. The third-order valence-corrected chi connectivity index (χ3v) is 7.19. The highest BCUT2D eigenvalue weighted by atomic mass is 32.2. The topological polar surface area (TPSA) is 38.8 Å². The molecule has 2 aromatic rings. The number of carbonyl (C=O) groups excluding carboxylic acids is 1. The molecular weight excluding hydrogens is 404 g/mol. The van der Waals surface area contributed by atoms with Crippen LogP contribution >= 0.6 is 11.8 Å². The van der Waals surface area contributed by atoms with Gasteiger partial charge in [-0.25, -0.2) is 4.79 Å². The van der Waals surface area contributed by atoms with E-state index in [0.29, 0.717) is 0 Å². The van der Waals surface area contributed by atoms with Gasteiger partial charge in [0.05, 0.1) is 0 Å². The van der Waals surface area contributed by atoms with E-state index in [-0.39, 0.29) is 6.03 Å². The normalized spacial score (nSPS) is 18.1. The zero-order valence-electron chi connectivity index (χ0n) is 18.3. The highest BCUT2D eigenvalue weighted by molar-refractivity contribution is 7.99. The van der Waals surface area contributed by atoms with E-state index < -0.39 is 0 Å². The van der Waals surface area contributed by atoms with Crippen LogP contribution in [-0.2, 0) is 12.8 Å². The van der Waals surface area contributed by atoms with Gasteiger partial charge in [-0.3, -0.25) is 4.90 Å². The first kappa shape index (κ1) is 22.2. The van der Waals surface area contributed by atoms with E-state index in [4.69, 9.17) is 0 Å². The monoisotopic (exact) mass is 438 g/mol. The molecule has 6 heteroatoms. The first-order valence-corrected chi connectivity index (χ1v) is 12.6. The number of piperazine rings is 1. The van der Waals surface area contributed by atoms with Crippen LogP contribution in [0.1, 0.15) is 11.1 Å². The Labute approximate surface area is 190 Å². The van der Waals surface area contributed by atoms with Crippen molar-refractivity contribution in [3.8, 4) is 0 Å². The van der Waals surface area contributed by atoms with Crippen LogP contribution in [0.5, 0.6) is 0 Å². The molecule has 2 aromatic carbocycles. The third kappa shape index (κ3) is 6.99. The van der Waals surface area contributed by atoms with Crippen LogP contribution in [0.25, 0.3) is 0 Å². The number of carbonyl (C=O) groups is 1. The van der Waals surface area contributed by atoms with E-state index in [1.807, 2.05) is 17.0 Å². The highest BCUT2D eigenvalue weighted by Gasteiger charge is 2.21. The van der Waals surface area contributed by atoms with E-state index in [1.165, 1.54) is 35.7 Å². The van der Waals surface area contributed by atoms with Crippen LogP contribution in [-0.4, -0.2) is 84.6 Å². The summed E-state index contributed by atoms with van der Waals surface area (Å²) in [6.45, 7) is 8.04. The van der Waals surface area contributed by atoms with Crippen molar-refractivity contribution in [1.29, 1.82) is 0 Å². The van der Waals surface area contributed by atoms with E-state index >= 15 is 0 Å². The third-order valence-electron chi connectivity index (χ3n) is 6.24. The molecule has 0 aliphatic carbocycles. The number of anilines is 1. The van der Waals surface area contributed by atoms with Gasteiger partial charge in [0.15, 0.2) is 0 Å². The molecular formula is C25H34N4OS. The molecule has 166 valence electrons. The van der Waals surface area contributed by atoms with E-state index in [1.54, 1.807) is 0 Å². The Kier molecular flexibility index (Phi) is 8.27. The summed E-state index contributed by atoms with van der Waals surface area (Å²) in [4.78, 5) is 19.6. The van der Waals surface area contributed by atoms with Gasteiger partial charge < -0.3 is 15.1 Å². The van der Waals surface area contributed by atoms with Gasteiger partial charge in [0, 0.05) is 69.6 Å². The summed E-state index contributed by atoms with van der Waals surface area (Å²) < 4.78 is 0. The molecule has 2 amide bonds. The molecule has 0 aromatic heterocycles. The van der Waals surface area contributed by atoms with Crippen molar-refractivity contribution in [3.05, 3.63) is 65.7 Å². The first-order valence-electron chi connectivity index (χ1n) is 11.5. The number of thioether (sulfide) groups is 1. The largest absolute Gasteiger partial charge is 0.322 e. The second-order valence-electron chi connectivity index (χ2n) is 8.40. The number of urea groups is 1. The van der Waals surface area contributed by atoms with E-state index in [2.05, 4.69) is 69.3 Å². The summed E-state index contributed by atoms with van der Waals surface area (Å²) in [5.74, 6) is 2.51. The number of hydrogen-bond acceptors (Lipinski definition) is 4. The molecule has 2 aliphatic rings. The lowest BCUT2D eigenvalue weighted by atomic mass is 10.1. The zero-order chi connectivity index (χ0) is 21.3. The fourth-order valence-corrected chi connectivity index (χ4v) is 5.15. The van der Waals surface area contributed by atoms with Gasteiger partial charge in [0.1, 0.15) is 0 Å². The van der Waals surface area contributed by atoms with Gasteiger partial charge in [-0.05, 0) is 36.1 Å². The van der Waals surface area contributed by atoms with Crippen molar-refractivity contribution >= 4 is 23.5 Å². The molecule has 0 unspecified atom stereocenters. The van der Waals surface area contributed by atoms with Crippen molar-refractivity contribution in [2.24, 2.45) is 0 Å². The summed E-state index contributed by atoms with van der Waals surface area (Å²) in [6, 6.07) is 19.0. The molecule has 2 fully saturated rings. The molecule has 0 atom stereocenters. The molecule has 0 bridgehead atoms. The zero-order valence-corrected chi connectivity index (χ0v) is 19.2. The van der Waals surface area contributed by atoms with Gasteiger partial charge in [-0.15, -0.1) is 0 Å². The minimum absolute atomic E-state index is 0.0151. The number of hydrogen-bond donors (Lipinski definition) is 1. The number of benzene rings is 2. The van der Waals surface area contributed by atoms with Crippen LogP contribution in [0.2, 0.25) is 0 Å². The van der Waals surface area contributed by atoms with Crippen molar-refractivity contribution < 1.29 is 4.79 Å². The second kappa shape index (κ2) is 11.6. The lowest BCUT2D eigenvalue weighted by Crippen LogP contribution is -2.50. The van der Waals surface area contributed by atoms with Gasteiger partial charge in [0.2, 0.25) is 0 Å². The summed E-state index contributed by atoms with van der Waals surface area (Å²) in [5.41, 5.74) is 3.60. The van der Waals surface area contributed by atoms with E-state index in [9.17, 15) is 4.79 Å². The van der Waals surface area contributed by atoms with E-state index in [0.717, 1.165) is 57.8 Å². The van der Waals surface area contributed by atoms with Crippen molar-refractivity contribution in [1.82, 2.24) is 14.7 Å². The van der Waals surface area contributed by atoms with Crippen LogP contribution in [0.4, 0.5) is 10.5 Å².